The van der Waals surface area contributed by atoms with Crippen molar-refractivity contribution in [2.75, 3.05) is 9.80 Å². The molecular formula is C67H44N4S. The molecule has 0 saturated carbocycles. The van der Waals surface area contributed by atoms with Crippen molar-refractivity contribution in [3.8, 4) is 45.1 Å². The van der Waals surface area contributed by atoms with Gasteiger partial charge in [-0.25, -0.2) is 0 Å². The van der Waals surface area contributed by atoms with Crippen LogP contribution in [0.1, 0.15) is 6.93 Å². The molecule has 338 valence electrons. The summed E-state index contributed by atoms with van der Waals surface area (Å²) in [5, 5.41) is 15.2. The quantitative estimate of drug-likeness (QED) is 0.137. The van der Waals surface area contributed by atoms with Crippen molar-refractivity contribution in [2.45, 2.75) is 0 Å². The van der Waals surface area contributed by atoms with Crippen molar-refractivity contribution in [1.29, 1.82) is 5.26 Å². The van der Waals surface area contributed by atoms with E-state index in [1.165, 1.54) is 30.9 Å². The lowest BCUT2D eigenvalue weighted by molar-refractivity contribution is 1.17. The minimum absolute atomic E-state index is 0.316. The van der Waals surface area contributed by atoms with E-state index >= 15 is 0 Å². The maximum absolute atomic E-state index is 10.7. The van der Waals surface area contributed by atoms with Crippen LogP contribution in [0.2, 0.25) is 0 Å². The maximum Gasteiger partial charge on any atom is 0.0992 e. The molecule has 13 aromatic rings. The van der Waals surface area contributed by atoms with Crippen LogP contribution < -0.4 is 9.80 Å². The number of rotatable bonds is 10. The van der Waals surface area contributed by atoms with Crippen LogP contribution in [0.25, 0.3) is 81.0 Å². The predicted molar refractivity (Wildman–Crippen MR) is 304 cm³/mol. The van der Waals surface area contributed by atoms with Crippen LogP contribution in [0.15, 0.2) is 267 Å². The van der Waals surface area contributed by atoms with E-state index in [1.807, 2.05) is 42.5 Å². The number of nitriles is 1. The molecule has 5 heteroatoms. The highest BCUT2D eigenvalue weighted by Crippen LogP contribution is 2.48. The number of para-hydroxylation sites is 3. The first kappa shape index (κ1) is 41.5. The second-order valence-electron chi connectivity index (χ2n) is 18.0. The number of fused-ring (bicyclic) bond motifs is 6. The van der Waals surface area contributed by atoms with Gasteiger partial charge >= 0.3 is 0 Å². The average molecular weight is 938 g/mol. The van der Waals surface area contributed by atoms with E-state index < -0.39 is 0 Å². The van der Waals surface area contributed by atoms with Crippen LogP contribution in [0.3, 0.4) is 0 Å². The highest BCUT2D eigenvalue weighted by Gasteiger charge is 2.23. The molecule has 0 fully saturated rings. The summed E-state index contributed by atoms with van der Waals surface area (Å²) in [6.45, 7) is 0. The lowest BCUT2D eigenvalue weighted by Crippen LogP contribution is -2.14. The Morgan fingerprint density at radius 2 is 0.875 bits per heavy atom. The number of benzene rings is 11. The summed E-state index contributed by atoms with van der Waals surface area (Å²) in [5.74, 6) is 0. The fraction of sp³-hybridized carbons (Fsp3) is 0. The molecule has 72 heavy (non-hydrogen) atoms. The number of nitrogens with zero attached hydrogens (tertiary/aromatic N) is 4. The smallest absolute Gasteiger partial charge is 0.0992 e. The Kier molecular flexibility index (Phi) is 10.4. The van der Waals surface area contributed by atoms with Crippen molar-refractivity contribution in [2.24, 2.45) is 0 Å². The first-order valence-electron chi connectivity index (χ1n) is 24.6. The average Bonchev–Trinajstić information content (AvgIpc) is 4.01. The topological polar surface area (TPSA) is 35.2 Å². The van der Waals surface area contributed by atoms with Gasteiger partial charge in [-0.3, -0.25) is 0 Å². The van der Waals surface area contributed by atoms with Gasteiger partial charge in [0.15, 0.2) is 0 Å². The van der Waals surface area contributed by atoms with Gasteiger partial charge in [-0.15, -0.1) is 11.3 Å². The third-order valence-corrected chi connectivity index (χ3v) is 14.8. The maximum atomic E-state index is 10.7. The van der Waals surface area contributed by atoms with Gasteiger partial charge in [0.25, 0.3) is 0 Å². The number of hydrogen-bond acceptors (Lipinski definition) is 4. The normalized spacial score (nSPS) is 11.5. The lowest BCUT2D eigenvalue weighted by atomic mass is 9.96. The zero-order valence-corrected chi connectivity index (χ0v) is 39.8. The summed E-state index contributed by atoms with van der Waals surface area (Å²) in [6, 6.07) is 93.9. The fourth-order valence-electron chi connectivity index (χ4n) is 10.3. The highest BCUT2D eigenvalue weighted by atomic mass is 32.1. The van der Waals surface area contributed by atoms with Crippen LogP contribution in [0.4, 0.5) is 34.1 Å². The van der Waals surface area contributed by atoms with E-state index in [-0.39, 0.29) is 0 Å². The van der Waals surface area contributed by atoms with Gasteiger partial charge in [0, 0.05) is 70.8 Å². The number of hydrogen-bond donors (Lipinski definition) is 0. The molecule has 0 unspecified atom stereocenters. The SMILES string of the molecule is [2H]c1c(N(c2ccccc2)c2ccc(-n3c4ccccc4c4ccccc43)cc2)cc(-c2cccc3c2sc2ccccc23)cc1N(c1cccc(C#N)c1)c1cc(-c2ccccc2)cc(-c2ccccc2)c1. The first-order valence-corrected chi connectivity index (χ1v) is 24.9. The van der Waals surface area contributed by atoms with E-state index in [0.29, 0.717) is 23.0 Å². The Morgan fingerprint density at radius 3 is 1.51 bits per heavy atom. The van der Waals surface area contributed by atoms with E-state index in [9.17, 15) is 6.63 Å². The Labute approximate surface area is 423 Å². The summed E-state index contributed by atoms with van der Waals surface area (Å²) in [7, 11) is 0. The molecule has 0 N–H and O–H groups in total. The third kappa shape index (κ3) is 7.64. The van der Waals surface area contributed by atoms with Crippen molar-refractivity contribution in [3.05, 3.63) is 272 Å². The Morgan fingerprint density at radius 1 is 0.375 bits per heavy atom. The molecule has 0 aliphatic heterocycles. The number of thiophene rings is 1. The molecule has 0 aliphatic carbocycles. The van der Waals surface area contributed by atoms with Gasteiger partial charge in [0.1, 0.15) is 0 Å². The molecule has 4 nitrogen and oxygen atoms in total. The first-order chi connectivity index (χ1) is 36.1. The summed E-state index contributed by atoms with van der Waals surface area (Å²) in [5.41, 5.74) is 14.9. The van der Waals surface area contributed by atoms with Gasteiger partial charge in [0.05, 0.1) is 24.0 Å². The molecule has 2 aromatic heterocycles. The molecule has 0 amide bonds. The van der Waals surface area contributed by atoms with Crippen LogP contribution in [0, 0.1) is 11.3 Å². The van der Waals surface area contributed by atoms with Gasteiger partial charge in [-0.2, -0.15) is 5.26 Å². The molecule has 0 spiro atoms. The summed E-state index contributed by atoms with van der Waals surface area (Å²) < 4.78 is 15.5. The molecule has 0 aliphatic rings. The zero-order chi connectivity index (χ0) is 48.8. The molecule has 0 radical (unpaired) electrons. The molecule has 13 rings (SSSR count). The minimum atomic E-state index is 0.316. The van der Waals surface area contributed by atoms with Gasteiger partial charge in [0.2, 0.25) is 0 Å². The second-order valence-corrected chi connectivity index (χ2v) is 19.0. The molecule has 0 saturated heterocycles. The van der Waals surface area contributed by atoms with E-state index in [4.69, 9.17) is 0 Å². The Hall–Kier alpha value is -9.47. The van der Waals surface area contributed by atoms with Crippen molar-refractivity contribution in [1.82, 2.24) is 4.57 Å². The molecular weight excluding hydrogens is 893 g/mol. The lowest BCUT2D eigenvalue weighted by Gasteiger charge is -2.31. The molecule has 2 heterocycles. The van der Waals surface area contributed by atoms with Crippen LogP contribution in [0.5, 0.6) is 0 Å². The summed E-state index contributed by atoms with van der Waals surface area (Å²) in [6.07, 6.45) is 0. The summed E-state index contributed by atoms with van der Waals surface area (Å²) >= 11 is 1.79. The van der Waals surface area contributed by atoms with Crippen molar-refractivity contribution in [3.63, 3.8) is 0 Å². The highest BCUT2D eigenvalue weighted by molar-refractivity contribution is 7.26. The van der Waals surface area contributed by atoms with E-state index in [2.05, 4.69) is 239 Å². The monoisotopic (exact) mass is 937 g/mol. The third-order valence-electron chi connectivity index (χ3n) is 13.6. The standard InChI is InChI=1S/C67H44N4S/c68-45-46-18-16-25-55(38-46)70(56-40-49(47-19-4-1-5-20-47)39-50(41-56)48-21-6-2-7-22-48)58-43-51(59-29-17-30-63-62-28-12-15-33-66(62)72-67(59)63)42-57(44-58)69(52-23-8-3-9-24-52)53-34-36-54(37-35-53)71-64-31-13-10-26-60(64)61-27-11-14-32-65(61)71/h1-44H/i44D. The Balaban J connectivity index is 1.09. The molecule has 11 aromatic carbocycles. The number of aromatic nitrogens is 1. The Bertz CT molecular complexity index is 4120. The molecule has 0 atom stereocenters. The van der Waals surface area contributed by atoms with Crippen LogP contribution in [-0.4, -0.2) is 4.57 Å². The van der Waals surface area contributed by atoms with Crippen LogP contribution in [-0.2, 0) is 0 Å². The largest absolute Gasteiger partial charge is 0.310 e. The van der Waals surface area contributed by atoms with Crippen molar-refractivity contribution >= 4 is 87.4 Å². The summed E-state index contributed by atoms with van der Waals surface area (Å²) in [4.78, 5) is 4.39. The van der Waals surface area contributed by atoms with Gasteiger partial charge in [-0.05, 0) is 143 Å². The minimum Gasteiger partial charge on any atom is -0.310 e. The second kappa shape index (κ2) is 18.1. The van der Waals surface area contributed by atoms with Gasteiger partial charge in [-0.1, -0.05) is 158 Å². The van der Waals surface area contributed by atoms with Crippen molar-refractivity contribution < 1.29 is 1.37 Å². The van der Waals surface area contributed by atoms with E-state index in [0.717, 1.165) is 72.9 Å². The molecule has 0 bridgehead atoms. The zero-order valence-electron chi connectivity index (χ0n) is 40.0. The predicted octanol–water partition coefficient (Wildman–Crippen LogP) is 19.0. The van der Waals surface area contributed by atoms with E-state index in [1.54, 1.807) is 11.3 Å². The fourth-order valence-corrected chi connectivity index (χ4v) is 11.6. The number of anilines is 6. The van der Waals surface area contributed by atoms with Crippen LogP contribution >= 0.6 is 11.3 Å². The van der Waals surface area contributed by atoms with Gasteiger partial charge < -0.3 is 14.4 Å².